The Morgan fingerprint density at radius 3 is 1.25 bits per heavy atom. The van der Waals surface area contributed by atoms with Gasteiger partial charge >= 0.3 is 0 Å². The zero-order chi connectivity index (χ0) is 24.0. The SMILES string of the molecule is CNN1N=C(N(C(C)C)C(C)C)C=C(SSC2=CC(N(C(C)C)C(C)C)=NN(NC)N2)N1. The van der Waals surface area contributed by atoms with E-state index in [1.165, 1.54) is 0 Å². The summed E-state index contributed by atoms with van der Waals surface area (Å²) < 4.78 is 0. The molecule has 0 aromatic heterocycles. The third-order valence-corrected chi connectivity index (χ3v) is 6.94. The first-order valence-electron chi connectivity index (χ1n) is 11.1. The molecule has 2 heterocycles. The molecule has 0 atom stereocenters. The predicted molar refractivity (Wildman–Crippen MR) is 139 cm³/mol. The fourth-order valence-corrected chi connectivity index (χ4v) is 5.50. The highest BCUT2D eigenvalue weighted by Crippen LogP contribution is 2.36. The van der Waals surface area contributed by atoms with E-state index in [1.54, 1.807) is 32.0 Å². The number of hydrogen-bond donors (Lipinski definition) is 4. The molecule has 182 valence electrons. The molecule has 0 bridgehead atoms. The number of rotatable bonds is 9. The van der Waals surface area contributed by atoms with Gasteiger partial charge < -0.3 is 9.80 Å². The second-order valence-corrected chi connectivity index (χ2v) is 10.8. The lowest BCUT2D eigenvalue weighted by atomic mass is 10.2. The Kier molecular flexibility index (Phi) is 9.86. The van der Waals surface area contributed by atoms with Gasteiger partial charge in [-0.25, -0.2) is 10.9 Å². The van der Waals surface area contributed by atoms with Gasteiger partial charge in [0.05, 0.1) is 0 Å². The number of nitrogens with one attached hydrogen (secondary N) is 4. The van der Waals surface area contributed by atoms with Crippen LogP contribution in [-0.4, -0.2) is 70.2 Å². The topological polar surface area (TPSA) is 85.8 Å². The summed E-state index contributed by atoms with van der Waals surface area (Å²) in [7, 11) is 6.94. The van der Waals surface area contributed by atoms with Crippen molar-refractivity contribution in [2.75, 3.05) is 14.1 Å². The molecule has 2 aliphatic rings. The van der Waals surface area contributed by atoms with Crippen LogP contribution in [0.25, 0.3) is 0 Å². The fraction of sp³-hybridized carbons (Fsp3) is 0.700. The van der Waals surface area contributed by atoms with E-state index in [1.807, 2.05) is 14.1 Å². The molecule has 2 aliphatic heterocycles. The van der Waals surface area contributed by atoms with Gasteiger partial charge in [-0.3, -0.25) is 10.9 Å². The lowest BCUT2D eigenvalue weighted by molar-refractivity contribution is 0.151. The molecule has 0 aromatic carbocycles. The summed E-state index contributed by atoms with van der Waals surface area (Å²) >= 11 is 0. The van der Waals surface area contributed by atoms with E-state index in [4.69, 9.17) is 0 Å². The van der Waals surface area contributed by atoms with E-state index in [9.17, 15) is 0 Å². The molecule has 0 saturated heterocycles. The first-order valence-corrected chi connectivity index (χ1v) is 13.2. The highest BCUT2D eigenvalue weighted by molar-refractivity contribution is 8.79. The highest BCUT2D eigenvalue weighted by atomic mass is 33.1. The second-order valence-electron chi connectivity index (χ2n) is 8.58. The number of amidine groups is 2. The first-order chi connectivity index (χ1) is 15.1. The van der Waals surface area contributed by atoms with Crippen molar-refractivity contribution < 1.29 is 0 Å². The van der Waals surface area contributed by atoms with E-state index in [2.05, 4.69) is 109 Å². The Morgan fingerprint density at radius 1 is 0.688 bits per heavy atom. The monoisotopic (exact) mass is 484 g/mol. The first kappa shape index (κ1) is 26.5. The van der Waals surface area contributed by atoms with Gasteiger partial charge in [0.15, 0.2) is 11.7 Å². The van der Waals surface area contributed by atoms with Gasteiger partial charge in [0.1, 0.15) is 10.1 Å². The summed E-state index contributed by atoms with van der Waals surface area (Å²) in [5.74, 6) is 1.84. The zero-order valence-electron chi connectivity index (χ0n) is 21.0. The van der Waals surface area contributed by atoms with E-state index < -0.39 is 0 Å². The van der Waals surface area contributed by atoms with Crippen molar-refractivity contribution in [2.45, 2.75) is 79.6 Å². The molecule has 32 heavy (non-hydrogen) atoms. The summed E-state index contributed by atoms with van der Waals surface area (Å²) in [6, 6.07) is 1.35. The van der Waals surface area contributed by atoms with E-state index in [0.29, 0.717) is 24.2 Å². The van der Waals surface area contributed by atoms with Crippen molar-refractivity contribution in [3.63, 3.8) is 0 Å². The van der Waals surface area contributed by atoms with Crippen molar-refractivity contribution in [1.29, 1.82) is 0 Å². The molecule has 2 rings (SSSR count). The van der Waals surface area contributed by atoms with Crippen LogP contribution in [0.1, 0.15) is 55.4 Å². The van der Waals surface area contributed by atoms with Crippen LogP contribution >= 0.6 is 21.6 Å². The average Bonchev–Trinajstić information content (AvgIpc) is 2.70. The lowest BCUT2D eigenvalue weighted by Crippen LogP contribution is -2.50. The Hall–Kier alpha value is -1.76. The van der Waals surface area contributed by atoms with Gasteiger partial charge in [0.25, 0.3) is 0 Å². The quantitative estimate of drug-likeness (QED) is 0.367. The minimum atomic E-state index is 0.337. The van der Waals surface area contributed by atoms with Crippen molar-refractivity contribution in [3.8, 4) is 0 Å². The Morgan fingerprint density at radius 2 is 1.00 bits per heavy atom. The van der Waals surface area contributed by atoms with Crippen molar-refractivity contribution >= 4 is 33.3 Å². The fourth-order valence-electron chi connectivity index (χ4n) is 3.71. The number of hydrazine groups is 4. The molecule has 10 nitrogen and oxygen atoms in total. The van der Waals surface area contributed by atoms with Crippen LogP contribution in [0.5, 0.6) is 0 Å². The third-order valence-electron chi connectivity index (χ3n) is 4.76. The summed E-state index contributed by atoms with van der Waals surface area (Å²) in [5, 5.41) is 14.6. The van der Waals surface area contributed by atoms with E-state index in [-0.39, 0.29) is 0 Å². The highest BCUT2D eigenvalue weighted by Gasteiger charge is 2.25. The summed E-state index contributed by atoms with van der Waals surface area (Å²) in [4.78, 5) is 4.59. The molecule has 12 heteroatoms. The largest absolute Gasteiger partial charge is 0.350 e. The van der Waals surface area contributed by atoms with Gasteiger partial charge in [0.2, 0.25) is 0 Å². The minimum Gasteiger partial charge on any atom is -0.350 e. The summed E-state index contributed by atoms with van der Waals surface area (Å²) in [6.07, 6.45) is 4.18. The Labute approximate surface area is 201 Å². The van der Waals surface area contributed by atoms with Crippen LogP contribution in [0.15, 0.2) is 32.4 Å². The Bertz CT molecular complexity index is 667. The van der Waals surface area contributed by atoms with Gasteiger partial charge in [-0.05, 0) is 77.0 Å². The molecule has 0 fully saturated rings. The lowest BCUT2D eigenvalue weighted by Gasteiger charge is -2.37. The van der Waals surface area contributed by atoms with Crippen LogP contribution in [0, 0.1) is 0 Å². The molecule has 0 saturated carbocycles. The van der Waals surface area contributed by atoms with Crippen LogP contribution in [0.3, 0.4) is 0 Å². The van der Waals surface area contributed by atoms with Crippen LogP contribution < -0.4 is 21.7 Å². The van der Waals surface area contributed by atoms with Crippen molar-refractivity contribution in [2.24, 2.45) is 10.2 Å². The molecule has 0 spiro atoms. The molecule has 0 radical (unpaired) electrons. The molecular weight excluding hydrogens is 444 g/mol. The maximum Gasteiger partial charge on any atom is 0.155 e. The smallest absolute Gasteiger partial charge is 0.155 e. The summed E-state index contributed by atoms with van der Waals surface area (Å²) in [5.41, 5.74) is 12.7. The van der Waals surface area contributed by atoms with Gasteiger partial charge in [-0.2, -0.15) is 0 Å². The molecule has 0 aromatic rings. The molecule has 0 amide bonds. The molecule has 0 unspecified atom stereocenters. The molecular formula is C20H40N10S2. The normalized spacial score (nSPS) is 16.7. The zero-order valence-corrected chi connectivity index (χ0v) is 22.6. The predicted octanol–water partition coefficient (Wildman–Crippen LogP) is 2.82. The van der Waals surface area contributed by atoms with E-state index >= 15 is 0 Å². The van der Waals surface area contributed by atoms with Gasteiger partial charge in [-0.1, -0.05) is 0 Å². The standard InChI is InChI=1S/C20H40N10S2/c1-13(2)27(14(3)4)17-11-19(25-29(21-9)23-17)31-32-20-12-18(24-30(22-10)26-20)28(15(5)6)16(7)8/h11-16,21-22,25-26H,1-10H3. The Balaban J connectivity index is 2.21. The number of hydrazone groups is 2. The second kappa shape index (κ2) is 11.9. The maximum absolute atomic E-state index is 4.67. The minimum absolute atomic E-state index is 0.337. The van der Waals surface area contributed by atoms with Crippen molar-refractivity contribution in [1.82, 2.24) is 42.0 Å². The van der Waals surface area contributed by atoms with Gasteiger partial charge in [-0.15, -0.1) is 20.7 Å². The van der Waals surface area contributed by atoms with Crippen LogP contribution in [-0.2, 0) is 0 Å². The number of hydrogen-bond acceptors (Lipinski definition) is 12. The van der Waals surface area contributed by atoms with Crippen LogP contribution in [0.2, 0.25) is 0 Å². The third kappa shape index (κ3) is 6.87. The van der Waals surface area contributed by atoms with Gasteiger partial charge in [0, 0.05) is 50.4 Å². The summed E-state index contributed by atoms with van der Waals surface area (Å²) in [6.45, 7) is 17.5. The molecule has 4 N–H and O–H groups in total. The van der Waals surface area contributed by atoms with E-state index in [0.717, 1.165) is 21.7 Å². The number of nitrogens with zero attached hydrogens (tertiary/aromatic N) is 6. The average molecular weight is 485 g/mol. The molecule has 0 aliphatic carbocycles. The van der Waals surface area contributed by atoms with Crippen molar-refractivity contribution in [3.05, 3.63) is 22.2 Å². The maximum atomic E-state index is 4.67. The van der Waals surface area contributed by atoms with Crippen LogP contribution in [0.4, 0.5) is 0 Å².